The van der Waals surface area contributed by atoms with E-state index >= 15 is 0 Å². The second-order valence-electron chi connectivity index (χ2n) is 6.14. The van der Waals surface area contributed by atoms with Gasteiger partial charge in [-0.3, -0.25) is 0 Å². The highest BCUT2D eigenvalue weighted by Gasteiger charge is 2.15. The maximum atomic E-state index is 10.1. The van der Waals surface area contributed by atoms with Crippen LogP contribution in [0, 0.1) is 19.8 Å². The molecule has 0 aromatic heterocycles. The molecule has 1 unspecified atom stereocenters. The molecule has 0 aliphatic rings. The first kappa shape index (κ1) is 15.4. The van der Waals surface area contributed by atoms with E-state index in [9.17, 15) is 5.11 Å². The normalized spacial score (nSPS) is 12.4. The largest absolute Gasteiger partial charge is 0.507 e. The highest BCUT2D eigenvalue weighted by atomic mass is 16.3. The number of phenols is 1. The average Bonchev–Trinajstić information content (AvgIpc) is 2.47. The third-order valence-corrected chi connectivity index (χ3v) is 3.87. The molecule has 0 saturated heterocycles. The molecule has 0 radical (unpaired) electrons. The smallest absolute Gasteiger partial charge is 0.123 e. The lowest BCUT2D eigenvalue weighted by atomic mass is 9.96. The lowest BCUT2D eigenvalue weighted by Gasteiger charge is -2.24. The van der Waals surface area contributed by atoms with Gasteiger partial charge in [0.15, 0.2) is 0 Å². The third-order valence-electron chi connectivity index (χ3n) is 3.87. The van der Waals surface area contributed by atoms with Gasteiger partial charge in [-0.15, -0.1) is 0 Å². The van der Waals surface area contributed by atoms with Gasteiger partial charge in [-0.2, -0.15) is 0 Å². The van der Waals surface area contributed by atoms with Crippen LogP contribution in [-0.4, -0.2) is 5.11 Å². The van der Waals surface area contributed by atoms with E-state index in [1.807, 2.05) is 26.0 Å². The van der Waals surface area contributed by atoms with Crippen molar-refractivity contribution in [3.63, 3.8) is 0 Å². The zero-order chi connectivity index (χ0) is 15.4. The molecule has 0 amide bonds. The second kappa shape index (κ2) is 6.66. The van der Waals surface area contributed by atoms with E-state index in [0.29, 0.717) is 11.7 Å². The van der Waals surface area contributed by atoms with Crippen LogP contribution in [-0.2, 0) is 0 Å². The summed E-state index contributed by atoms with van der Waals surface area (Å²) < 4.78 is 0. The Morgan fingerprint density at radius 3 is 2.29 bits per heavy atom. The summed E-state index contributed by atoms with van der Waals surface area (Å²) >= 11 is 0. The van der Waals surface area contributed by atoms with Crippen molar-refractivity contribution in [2.24, 2.45) is 5.92 Å². The molecule has 1 atom stereocenters. The maximum absolute atomic E-state index is 10.1. The Labute approximate surface area is 127 Å². The summed E-state index contributed by atoms with van der Waals surface area (Å²) in [6.07, 6.45) is 1.05. The van der Waals surface area contributed by atoms with Gasteiger partial charge in [0.25, 0.3) is 0 Å². The number of benzene rings is 2. The number of nitrogens with one attached hydrogen (secondary N) is 1. The molecule has 0 heterocycles. The van der Waals surface area contributed by atoms with E-state index in [2.05, 4.69) is 49.5 Å². The standard InChI is InChI=1S/C19H25NO/c1-13(2)12-18(16-8-6-5-7-9-16)20-17-11-10-14(3)19(21)15(17)4/h5-11,13,18,20-21H,12H2,1-4H3. The molecule has 0 spiro atoms. The Kier molecular flexibility index (Phi) is 4.89. The molecule has 21 heavy (non-hydrogen) atoms. The minimum Gasteiger partial charge on any atom is -0.507 e. The molecule has 2 N–H and O–H groups in total. The Bertz CT molecular complexity index is 590. The fraction of sp³-hybridized carbons (Fsp3) is 0.368. The zero-order valence-corrected chi connectivity index (χ0v) is 13.4. The molecule has 2 rings (SSSR count). The minimum absolute atomic E-state index is 0.256. The van der Waals surface area contributed by atoms with Gasteiger partial charge in [-0.25, -0.2) is 0 Å². The van der Waals surface area contributed by atoms with E-state index in [4.69, 9.17) is 0 Å². The average molecular weight is 283 g/mol. The van der Waals surface area contributed by atoms with Crippen molar-refractivity contribution in [3.05, 3.63) is 59.2 Å². The van der Waals surface area contributed by atoms with E-state index in [0.717, 1.165) is 23.2 Å². The number of anilines is 1. The van der Waals surface area contributed by atoms with Gasteiger partial charge in [-0.05, 0) is 43.4 Å². The van der Waals surface area contributed by atoms with Crippen LogP contribution in [0.2, 0.25) is 0 Å². The van der Waals surface area contributed by atoms with Crippen molar-refractivity contribution in [1.82, 2.24) is 0 Å². The van der Waals surface area contributed by atoms with E-state index < -0.39 is 0 Å². The minimum atomic E-state index is 0.256. The van der Waals surface area contributed by atoms with Crippen LogP contribution < -0.4 is 5.32 Å². The molecule has 2 aromatic carbocycles. The maximum Gasteiger partial charge on any atom is 0.123 e. The summed E-state index contributed by atoms with van der Waals surface area (Å²) in [5.41, 5.74) is 4.12. The highest BCUT2D eigenvalue weighted by molar-refractivity contribution is 5.60. The van der Waals surface area contributed by atoms with Crippen molar-refractivity contribution >= 4 is 5.69 Å². The Balaban J connectivity index is 2.29. The quantitative estimate of drug-likeness (QED) is 0.789. The van der Waals surface area contributed by atoms with Crippen LogP contribution in [0.1, 0.15) is 43.0 Å². The topological polar surface area (TPSA) is 32.3 Å². The van der Waals surface area contributed by atoms with Crippen LogP contribution in [0.15, 0.2) is 42.5 Å². The van der Waals surface area contributed by atoms with Crippen LogP contribution in [0.5, 0.6) is 5.75 Å². The zero-order valence-electron chi connectivity index (χ0n) is 13.4. The van der Waals surface area contributed by atoms with Crippen molar-refractivity contribution in [2.75, 3.05) is 5.32 Å². The van der Waals surface area contributed by atoms with Gasteiger partial charge in [0.05, 0.1) is 6.04 Å². The fourth-order valence-electron chi connectivity index (χ4n) is 2.61. The summed E-state index contributed by atoms with van der Waals surface area (Å²) in [6, 6.07) is 14.8. The third kappa shape index (κ3) is 3.78. The molecule has 0 saturated carbocycles. The highest BCUT2D eigenvalue weighted by Crippen LogP contribution is 2.32. The molecular weight excluding hydrogens is 258 g/mol. The molecule has 0 aliphatic carbocycles. The summed E-state index contributed by atoms with van der Waals surface area (Å²) in [7, 11) is 0. The number of hydrogen-bond donors (Lipinski definition) is 2. The predicted octanol–water partition coefficient (Wildman–Crippen LogP) is 5.21. The number of phenolic OH excluding ortho intramolecular Hbond substituents is 1. The molecule has 0 bridgehead atoms. The monoisotopic (exact) mass is 283 g/mol. The van der Waals surface area contributed by atoms with Gasteiger partial charge < -0.3 is 10.4 Å². The van der Waals surface area contributed by atoms with Gasteiger partial charge >= 0.3 is 0 Å². The van der Waals surface area contributed by atoms with Crippen LogP contribution in [0.4, 0.5) is 5.69 Å². The van der Waals surface area contributed by atoms with Crippen molar-refractivity contribution in [1.29, 1.82) is 0 Å². The predicted molar refractivity (Wildman–Crippen MR) is 89.8 cm³/mol. The number of aromatic hydroxyl groups is 1. The summed E-state index contributed by atoms with van der Waals surface area (Å²) in [6.45, 7) is 8.35. The Morgan fingerprint density at radius 2 is 1.67 bits per heavy atom. The molecule has 0 aliphatic heterocycles. The van der Waals surface area contributed by atoms with Gasteiger partial charge in [0.1, 0.15) is 5.75 Å². The SMILES string of the molecule is Cc1ccc(NC(CC(C)C)c2ccccc2)c(C)c1O. The van der Waals surface area contributed by atoms with E-state index in [1.54, 1.807) is 0 Å². The first-order valence-corrected chi connectivity index (χ1v) is 7.59. The summed E-state index contributed by atoms with van der Waals surface area (Å²) in [4.78, 5) is 0. The van der Waals surface area contributed by atoms with Crippen molar-refractivity contribution < 1.29 is 5.11 Å². The first-order chi connectivity index (χ1) is 9.99. The van der Waals surface area contributed by atoms with Crippen LogP contribution >= 0.6 is 0 Å². The lowest BCUT2D eigenvalue weighted by molar-refractivity contribution is 0.467. The summed E-state index contributed by atoms with van der Waals surface area (Å²) in [5.74, 6) is 0.985. The number of rotatable bonds is 5. The molecular formula is C19H25NO. The van der Waals surface area contributed by atoms with Crippen molar-refractivity contribution in [3.8, 4) is 5.75 Å². The van der Waals surface area contributed by atoms with Gasteiger partial charge in [-0.1, -0.05) is 50.2 Å². The van der Waals surface area contributed by atoms with E-state index in [1.165, 1.54) is 5.56 Å². The van der Waals surface area contributed by atoms with Crippen LogP contribution in [0.3, 0.4) is 0 Å². The number of hydrogen-bond acceptors (Lipinski definition) is 2. The van der Waals surface area contributed by atoms with E-state index in [-0.39, 0.29) is 6.04 Å². The molecule has 2 aromatic rings. The second-order valence-corrected chi connectivity index (χ2v) is 6.14. The fourth-order valence-corrected chi connectivity index (χ4v) is 2.61. The molecule has 2 nitrogen and oxygen atoms in total. The summed E-state index contributed by atoms with van der Waals surface area (Å²) in [5, 5.41) is 13.7. The van der Waals surface area contributed by atoms with Gasteiger partial charge in [0.2, 0.25) is 0 Å². The Morgan fingerprint density at radius 1 is 1.00 bits per heavy atom. The van der Waals surface area contributed by atoms with Crippen LogP contribution in [0.25, 0.3) is 0 Å². The first-order valence-electron chi connectivity index (χ1n) is 7.59. The lowest BCUT2D eigenvalue weighted by Crippen LogP contribution is -2.14. The molecule has 0 fully saturated rings. The molecule has 112 valence electrons. The van der Waals surface area contributed by atoms with Gasteiger partial charge in [0, 0.05) is 11.3 Å². The van der Waals surface area contributed by atoms with Crippen molar-refractivity contribution in [2.45, 2.75) is 40.2 Å². The Hall–Kier alpha value is -1.96. The molecule has 2 heteroatoms. The number of aryl methyl sites for hydroxylation is 1.